The molecule has 134 valence electrons. The summed E-state index contributed by atoms with van der Waals surface area (Å²) in [5.41, 5.74) is -0.846. The van der Waals surface area contributed by atoms with Gasteiger partial charge < -0.3 is 9.84 Å². The standard InChI is InChI=1S/C21H27NO3/c1-16(2)22(17(3)4)15-25-20(23)21(24,18-11-7-5-8-12-18)19-13-9-6-10-14-19/h5-14,16-17,24H,15H2,1-4H3. The Morgan fingerprint density at radius 1 is 0.920 bits per heavy atom. The lowest BCUT2D eigenvalue weighted by molar-refractivity contribution is -0.168. The molecule has 2 aromatic carbocycles. The Balaban J connectivity index is 2.32. The summed E-state index contributed by atoms with van der Waals surface area (Å²) in [7, 11) is 0. The van der Waals surface area contributed by atoms with Crippen LogP contribution in [0, 0.1) is 0 Å². The molecule has 0 aliphatic rings. The van der Waals surface area contributed by atoms with E-state index < -0.39 is 11.6 Å². The molecule has 0 aromatic heterocycles. The molecule has 0 bridgehead atoms. The van der Waals surface area contributed by atoms with Gasteiger partial charge in [-0.3, -0.25) is 4.90 Å². The molecule has 0 amide bonds. The summed E-state index contributed by atoms with van der Waals surface area (Å²) >= 11 is 0. The molecule has 0 heterocycles. The zero-order valence-corrected chi connectivity index (χ0v) is 15.3. The van der Waals surface area contributed by atoms with E-state index in [0.29, 0.717) is 11.1 Å². The van der Waals surface area contributed by atoms with Crippen molar-refractivity contribution in [3.05, 3.63) is 71.8 Å². The van der Waals surface area contributed by atoms with E-state index in [1.54, 1.807) is 48.5 Å². The number of nitrogens with zero attached hydrogens (tertiary/aromatic N) is 1. The van der Waals surface area contributed by atoms with Crippen LogP contribution in [0.15, 0.2) is 60.7 Å². The van der Waals surface area contributed by atoms with E-state index in [4.69, 9.17) is 4.74 Å². The van der Waals surface area contributed by atoms with E-state index in [9.17, 15) is 9.90 Å². The van der Waals surface area contributed by atoms with Crippen LogP contribution >= 0.6 is 0 Å². The first-order valence-electron chi connectivity index (χ1n) is 8.63. The molecule has 0 unspecified atom stereocenters. The van der Waals surface area contributed by atoms with Crippen LogP contribution in [0.3, 0.4) is 0 Å². The van der Waals surface area contributed by atoms with E-state index >= 15 is 0 Å². The van der Waals surface area contributed by atoms with Gasteiger partial charge in [0.2, 0.25) is 5.60 Å². The first-order chi connectivity index (χ1) is 11.9. The van der Waals surface area contributed by atoms with Crippen LogP contribution in [0.25, 0.3) is 0 Å². The van der Waals surface area contributed by atoms with Crippen molar-refractivity contribution in [3.8, 4) is 0 Å². The SMILES string of the molecule is CC(C)N(COC(=O)C(O)(c1ccccc1)c1ccccc1)C(C)C. The molecule has 0 spiro atoms. The summed E-state index contributed by atoms with van der Waals surface area (Å²) in [5.74, 6) is -0.670. The Labute approximate surface area is 150 Å². The second-order valence-corrected chi connectivity index (χ2v) is 6.71. The fraction of sp³-hybridized carbons (Fsp3) is 0.381. The number of ether oxygens (including phenoxy) is 1. The second-order valence-electron chi connectivity index (χ2n) is 6.71. The Morgan fingerprint density at radius 2 is 1.32 bits per heavy atom. The Morgan fingerprint density at radius 3 is 1.68 bits per heavy atom. The third kappa shape index (κ3) is 4.27. The average molecular weight is 341 g/mol. The number of carbonyl (C=O) groups excluding carboxylic acids is 1. The van der Waals surface area contributed by atoms with Crippen LogP contribution in [-0.2, 0) is 15.1 Å². The summed E-state index contributed by atoms with van der Waals surface area (Å²) in [6, 6.07) is 18.3. The molecule has 0 saturated carbocycles. The first-order valence-corrected chi connectivity index (χ1v) is 8.63. The minimum Gasteiger partial charge on any atom is -0.447 e. The van der Waals surface area contributed by atoms with Crippen molar-refractivity contribution in [1.82, 2.24) is 4.90 Å². The molecule has 0 aliphatic carbocycles. The third-order valence-corrected chi connectivity index (χ3v) is 4.35. The number of aliphatic hydroxyl groups is 1. The quantitative estimate of drug-likeness (QED) is 0.618. The topological polar surface area (TPSA) is 49.8 Å². The van der Waals surface area contributed by atoms with Crippen LogP contribution in [0.1, 0.15) is 38.8 Å². The van der Waals surface area contributed by atoms with Crippen LogP contribution in [0.4, 0.5) is 0 Å². The van der Waals surface area contributed by atoms with Crippen LogP contribution in [0.5, 0.6) is 0 Å². The van der Waals surface area contributed by atoms with Gasteiger partial charge in [-0.15, -0.1) is 0 Å². The summed E-state index contributed by atoms with van der Waals surface area (Å²) in [6.07, 6.45) is 0. The van der Waals surface area contributed by atoms with Gasteiger partial charge in [0.25, 0.3) is 0 Å². The number of hydrogen-bond acceptors (Lipinski definition) is 4. The second kappa shape index (κ2) is 8.28. The minimum atomic E-state index is -1.83. The highest BCUT2D eigenvalue weighted by molar-refractivity contribution is 5.85. The average Bonchev–Trinajstić information content (AvgIpc) is 2.61. The molecule has 4 heteroatoms. The summed E-state index contributed by atoms with van der Waals surface area (Å²) < 4.78 is 5.54. The highest BCUT2D eigenvalue weighted by Crippen LogP contribution is 2.31. The van der Waals surface area contributed by atoms with E-state index in [1.807, 2.05) is 17.0 Å². The maximum atomic E-state index is 12.9. The van der Waals surface area contributed by atoms with Gasteiger partial charge in [-0.25, -0.2) is 4.79 Å². The molecule has 0 atom stereocenters. The molecule has 25 heavy (non-hydrogen) atoms. The predicted molar refractivity (Wildman–Crippen MR) is 99.0 cm³/mol. The first kappa shape index (κ1) is 19.2. The highest BCUT2D eigenvalue weighted by Gasteiger charge is 2.41. The molecule has 0 fully saturated rings. The maximum Gasteiger partial charge on any atom is 0.349 e. The molecule has 0 aliphatic heterocycles. The lowest BCUT2D eigenvalue weighted by atomic mass is 9.86. The zero-order chi connectivity index (χ0) is 18.4. The van der Waals surface area contributed by atoms with Gasteiger partial charge in [0.15, 0.2) is 0 Å². The summed E-state index contributed by atoms with van der Waals surface area (Å²) in [5, 5.41) is 11.3. The Bertz CT molecular complexity index is 621. The van der Waals surface area contributed by atoms with Gasteiger partial charge in [-0.2, -0.15) is 0 Å². The third-order valence-electron chi connectivity index (χ3n) is 4.35. The molecule has 4 nitrogen and oxygen atoms in total. The fourth-order valence-electron chi connectivity index (χ4n) is 2.89. The monoisotopic (exact) mass is 341 g/mol. The van der Waals surface area contributed by atoms with Crippen LogP contribution in [0.2, 0.25) is 0 Å². The summed E-state index contributed by atoms with van der Waals surface area (Å²) in [6.45, 7) is 8.34. The maximum absolute atomic E-state index is 12.9. The van der Waals surface area contributed by atoms with E-state index in [1.165, 1.54) is 0 Å². The lowest BCUT2D eigenvalue weighted by Gasteiger charge is -2.32. The van der Waals surface area contributed by atoms with Crippen LogP contribution < -0.4 is 0 Å². The van der Waals surface area contributed by atoms with E-state index in [2.05, 4.69) is 27.7 Å². The molecule has 2 rings (SSSR count). The van der Waals surface area contributed by atoms with Crippen molar-refractivity contribution in [2.75, 3.05) is 6.73 Å². The number of benzene rings is 2. The van der Waals surface area contributed by atoms with Gasteiger partial charge in [-0.05, 0) is 38.8 Å². The molecule has 0 radical (unpaired) electrons. The fourth-order valence-corrected chi connectivity index (χ4v) is 2.89. The van der Waals surface area contributed by atoms with Gasteiger partial charge in [0.1, 0.15) is 6.73 Å². The van der Waals surface area contributed by atoms with E-state index in [-0.39, 0.29) is 18.8 Å². The normalized spacial score (nSPS) is 12.0. The van der Waals surface area contributed by atoms with Crippen molar-refractivity contribution in [2.24, 2.45) is 0 Å². The lowest BCUT2D eigenvalue weighted by Crippen LogP contribution is -2.44. The van der Waals surface area contributed by atoms with Gasteiger partial charge in [0, 0.05) is 12.1 Å². The zero-order valence-electron chi connectivity index (χ0n) is 15.3. The van der Waals surface area contributed by atoms with Gasteiger partial charge in [0.05, 0.1) is 0 Å². The Hall–Kier alpha value is -2.17. The van der Waals surface area contributed by atoms with Crippen molar-refractivity contribution in [3.63, 3.8) is 0 Å². The molecule has 2 aromatic rings. The van der Waals surface area contributed by atoms with Crippen molar-refractivity contribution in [2.45, 2.75) is 45.4 Å². The highest BCUT2D eigenvalue weighted by atomic mass is 16.6. The molecule has 1 N–H and O–H groups in total. The van der Waals surface area contributed by atoms with Crippen molar-refractivity contribution >= 4 is 5.97 Å². The largest absolute Gasteiger partial charge is 0.447 e. The molecular weight excluding hydrogens is 314 g/mol. The van der Waals surface area contributed by atoms with Crippen molar-refractivity contribution in [1.29, 1.82) is 0 Å². The molecular formula is C21H27NO3. The van der Waals surface area contributed by atoms with Gasteiger partial charge in [-0.1, -0.05) is 60.7 Å². The van der Waals surface area contributed by atoms with E-state index in [0.717, 1.165) is 0 Å². The smallest absolute Gasteiger partial charge is 0.349 e. The van der Waals surface area contributed by atoms with Gasteiger partial charge >= 0.3 is 5.97 Å². The number of hydrogen-bond donors (Lipinski definition) is 1. The van der Waals surface area contributed by atoms with Crippen molar-refractivity contribution < 1.29 is 14.6 Å². The minimum absolute atomic E-state index is 0.135. The number of carbonyl (C=O) groups is 1. The molecule has 0 saturated heterocycles. The Kier molecular flexibility index (Phi) is 6.34. The number of rotatable bonds is 7. The summed E-state index contributed by atoms with van der Waals surface area (Å²) in [4.78, 5) is 15.0. The predicted octanol–water partition coefficient (Wildman–Crippen LogP) is 3.54. The number of esters is 1. The van der Waals surface area contributed by atoms with Crippen LogP contribution in [-0.4, -0.2) is 34.8 Å².